The Bertz CT molecular complexity index is 570. The van der Waals surface area contributed by atoms with Crippen molar-refractivity contribution in [1.82, 2.24) is 4.98 Å². The van der Waals surface area contributed by atoms with Gasteiger partial charge >= 0.3 is 0 Å². The maximum atomic E-state index is 8.69. The van der Waals surface area contributed by atoms with Gasteiger partial charge in [0.15, 0.2) is 0 Å². The van der Waals surface area contributed by atoms with E-state index in [0.717, 1.165) is 5.56 Å². The molecule has 0 aliphatic rings. The lowest BCUT2D eigenvalue weighted by Gasteiger charge is -2.07. The van der Waals surface area contributed by atoms with Gasteiger partial charge in [0.05, 0.1) is 11.3 Å². The summed E-state index contributed by atoms with van der Waals surface area (Å²) < 4.78 is 5.52. The fourth-order valence-corrected chi connectivity index (χ4v) is 1.33. The van der Waals surface area contributed by atoms with E-state index in [2.05, 4.69) is 4.98 Å². The number of benzene rings is 1. The van der Waals surface area contributed by atoms with Crippen molar-refractivity contribution in [1.29, 1.82) is 5.26 Å². The van der Waals surface area contributed by atoms with Crippen molar-refractivity contribution in [3.8, 4) is 17.7 Å². The van der Waals surface area contributed by atoms with Gasteiger partial charge < -0.3 is 10.5 Å². The molecule has 1 aromatic heterocycles. The maximum absolute atomic E-state index is 8.69. The van der Waals surface area contributed by atoms with Crippen LogP contribution in [0.4, 0.5) is 5.69 Å². The largest absolute Gasteiger partial charge is 0.437 e. The van der Waals surface area contributed by atoms with E-state index in [-0.39, 0.29) is 0 Å². The molecule has 0 amide bonds. The molecule has 17 heavy (non-hydrogen) atoms. The van der Waals surface area contributed by atoms with Gasteiger partial charge in [-0.15, -0.1) is 0 Å². The van der Waals surface area contributed by atoms with E-state index < -0.39 is 0 Å². The smallest absolute Gasteiger partial charge is 0.242 e. The predicted molar refractivity (Wildman–Crippen MR) is 64.6 cm³/mol. The second kappa shape index (κ2) is 4.54. The molecule has 2 N–H and O–H groups in total. The van der Waals surface area contributed by atoms with Crippen molar-refractivity contribution in [2.45, 2.75) is 6.92 Å². The zero-order chi connectivity index (χ0) is 12.3. The van der Waals surface area contributed by atoms with Gasteiger partial charge in [-0.3, -0.25) is 0 Å². The maximum Gasteiger partial charge on any atom is 0.242 e. The molecule has 2 aromatic rings. The highest BCUT2D eigenvalue weighted by Gasteiger charge is 2.04. The Kier molecular flexibility index (Phi) is 2.93. The number of rotatable bonds is 2. The van der Waals surface area contributed by atoms with Gasteiger partial charge in [0.25, 0.3) is 0 Å². The molecule has 0 unspecified atom stereocenters. The van der Waals surface area contributed by atoms with Gasteiger partial charge in [-0.1, -0.05) is 17.7 Å². The van der Waals surface area contributed by atoms with E-state index in [9.17, 15) is 0 Å². The molecule has 0 bridgehead atoms. The first kappa shape index (κ1) is 11.0. The number of aromatic nitrogens is 1. The second-order valence-corrected chi connectivity index (χ2v) is 3.65. The number of aryl methyl sites for hydroxylation is 1. The van der Waals surface area contributed by atoms with Crippen LogP contribution in [-0.4, -0.2) is 4.98 Å². The number of nitrogen functional groups attached to an aromatic ring is 1. The molecule has 4 heteroatoms. The van der Waals surface area contributed by atoms with Crippen molar-refractivity contribution in [3.05, 3.63) is 47.7 Å². The standard InChI is InChI=1S/C13H11N3O/c1-9-2-4-11(5-3-9)17-13-12(15)6-10(7-14)8-16-13/h2-6,8H,15H2,1H3. The molecule has 0 spiro atoms. The van der Waals surface area contributed by atoms with Gasteiger partial charge in [-0.2, -0.15) is 5.26 Å². The third-order valence-electron chi connectivity index (χ3n) is 2.24. The average molecular weight is 225 g/mol. The Morgan fingerprint density at radius 2 is 2.00 bits per heavy atom. The minimum absolute atomic E-state index is 0.313. The summed E-state index contributed by atoms with van der Waals surface area (Å²) in [5, 5.41) is 8.69. The van der Waals surface area contributed by atoms with Crippen molar-refractivity contribution < 1.29 is 4.74 Å². The summed E-state index contributed by atoms with van der Waals surface area (Å²) >= 11 is 0. The molecule has 0 saturated heterocycles. The Balaban J connectivity index is 2.25. The topological polar surface area (TPSA) is 71.9 Å². The minimum Gasteiger partial charge on any atom is -0.437 e. The summed E-state index contributed by atoms with van der Waals surface area (Å²) in [5.41, 5.74) is 7.65. The molecule has 84 valence electrons. The van der Waals surface area contributed by atoms with Gasteiger partial charge in [-0.05, 0) is 25.1 Å². The predicted octanol–water partition coefficient (Wildman–Crippen LogP) is 2.64. The molecular formula is C13H11N3O. The first-order valence-corrected chi connectivity index (χ1v) is 5.09. The molecule has 0 atom stereocenters. The molecule has 2 rings (SSSR count). The molecule has 0 aliphatic heterocycles. The van der Waals surface area contributed by atoms with Crippen molar-refractivity contribution in [2.75, 3.05) is 5.73 Å². The number of ether oxygens (including phenoxy) is 1. The van der Waals surface area contributed by atoms with E-state index in [4.69, 9.17) is 15.7 Å². The van der Waals surface area contributed by atoms with Gasteiger partial charge in [0.1, 0.15) is 11.8 Å². The molecule has 0 fully saturated rings. The highest BCUT2D eigenvalue weighted by molar-refractivity contribution is 5.53. The van der Waals surface area contributed by atoms with Crippen LogP contribution in [0, 0.1) is 18.3 Å². The van der Waals surface area contributed by atoms with Crippen LogP contribution in [-0.2, 0) is 0 Å². The molecule has 1 heterocycles. The van der Waals surface area contributed by atoms with Crippen LogP contribution in [0.3, 0.4) is 0 Å². The van der Waals surface area contributed by atoms with Crippen molar-refractivity contribution in [2.24, 2.45) is 0 Å². The van der Waals surface area contributed by atoms with E-state index in [1.54, 1.807) is 0 Å². The van der Waals surface area contributed by atoms with E-state index in [0.29, 0.717) is 22.9 Å². The van der Waals surface area contributed by atoms with Crippen LogP contribution in [0.2, 0.25) is 0 Å². The second-order valence-electron chi connectivity index (χ2n) is 3.65. The Labute approximate surface area is 99.3 Å². The zero-order valence-corrected chi connectivity index (χ0v) is 9.34. The quantitative estimate of drug-likeness (QED) is 0.852. The number of nitriles is 1. The monoisotopic (exact) mass is 225 g/mol. The summed E-state index contributed by atoms with van der Waals surface area (Å²) in [4.78, 5) is 4.00. The fourth-order valence-electron chi connectivity index (χ4n) is 1.33. The molecular weight excluding hydrogens is 214 g/mol. The van der Waals surface area contributed by atoms with Crippen LogP contribution >= 0.6 is 0 Å². The lowest BCUT2D eigenvalue weighted by atomic mass is 10.2. The number of nitrogens with two attached hydrogens (primary N) is 1. The third-order valence-corrected chi connectivity index (χ3v) is 2.24. The number of nitrogens with zero attached hydrogens (tertiary/aromatic N) is 2. The number of anilines is 1. The number of hydrogen-bond donors (Lipinski definition) is 1. The molecule has 0 radical (unpaired) electrons. The van der Waals surface area contributed by atoms with E-state index >= 15 is 0 Å². The first-order valence-electron chi connectivity index (χ1n) is 5.09. The van der Waals surface area contributed by atoms with Crippen LogP contribution in [0.5, 0.6) is 11.6 Å². The molecule has 4 nitrogen and oxygen atoms in total. The molecule has 0 aliphatic carbocycles. The molecule has 0 saturated carbocycles. The Morgan fingerprint density at radius 1 is 1.29 bits per heavy atom. The summed E-state index contributed by atoms with van der Waals surface area (Å²) in [6, 6.07) is 11.1. The minimum atomic E-state index is 0.313. The summed E-state index contributed by atoms with van der Waals surface area (Å²) in [7, 11) is 0. The highest BCUT2D eigenvalue weighted by Crippen LogP contribution is 2.25. The van der Waals surface area contributed by atoms with Crippen molar-refractivity contribution in [3.63, 3.8) is 0 Å². The van der Waals surface area contributed by atoms with Gasteiger partial charge in [0, 0.05) is 6.20 Å². The van der Waals surface area contributed by atoms with Crippen LogP contribution < -0.4 is 10.5 Å². The Hall–Kier alpha value is -2.54. The summed E-state index contributed by atoms with van der Waals surface area (Å²) in [6.45, 7) is 2.00. The van der Waals surface area contributed by atoms with Gasteiger partial charge in [-0.25, -0.2) is 4.98 Å². The van der Waals surface area contributed by atoms with E-state index in [1.165, 1.54) is 12.3 Å². The van der Waals surface area contributed by atoms with Crippen LogP contribution in [0.25, 0.3) is 0 Å². The summed E-state index contributed by atoms with van der Waals surface area (Å²) in [5.74, 6) is 0.979. The van der Waals surface area contributed by atoms with Crippen molar-refractivity contribution >= 4 is 5.69 Å². The zero-order valence-electron chi connectivity index (χ0n) is 9.34. The first-order chi connectivity index (χ1) is 8.19. The number of pyridine rings is 1. The summed E-state index contributed by atoms with van der Waals surface area (Å²) in [6.07, 6.45) is 1.43. The third kappa shape index (κ3) is 2.52. The van der Waals surface area contributed by atoms with Crippen LogP contribution in [0.1, 0.15) is 11.1 Å². The lowest BCUT2D eigenvalue weighted by Crippen LogP contribution is -1.95. The van der Waals surface area contributed by atoms with Gasteiger partial charge in [0.2, 0.25) is 5.88 Å². The SMILES string of the molecule is Cc1ccc(Oc2ncc(C#N)cc2N)cc1. The number of hydrogen-bond acceptors (Lipinski definition) is 4. The highest BCUT2D eigenvalue weighted by atomic mass is 16.5. The fraction of sp³-hybridized carbons (Fsp3) is 0.0769. The van der Waals surface area contributed by atoms with Crippen LogP contribution in [0.15, 0.2) is 36.5 Å². The lowest BCUT2D eigenvalue weighted by molar-refractivity contribution is 0.465. The Morgan fingerprint density at radius 3 is 2.59 bits per heavy atom. The van der Waals surface area contributed by atoms with E-state index in [1.807, 2.05) is 37.3 Å². The normalized spacial score (nSPS) is 9.65. The molecule has 1 aromatic carbocycles. The average Bonchev–Trinajstić information content (AvgIpc) is 2.34.